The van der Waals surface area contributed by atoms with E-state index in [1.807, 2.05) is 4.90 Å². The van der Waals surface area contributed by atoms with Gasteiger partial charge in [0.2, 0.25) is 10.0 Å². The van der Waals surface area contributed by atoms with Crippen LogP contribution in [0.1, 0.15) is 47.4 Å². The monoisotopic (exact) mass is 771 g/mol. The van der Waals surface area contributed by atoms with Gasteiger partial charge in [0.15, 0.2) is 11.5 Å². The summed E-state index contributed by atoms with van der Waals surface area (Å²) in [5.74, 6) is -1.60. The van der Waals surface area contributed by atoms with E-state index >= 15 is 0 Å². The Bertz CT molecular complexity index is 1810. The van der Waals surface area contributed by atoms with Gasteiger partial charge in [-0.1, -0.05) is 29.3 Å². The molecule has 2 aromatic carbocycles. The second kappa shape index (κ2) is 17.2. The molecule has 0 N–H and O–H groups in total. The Balaban J connectivity index is 1.51. The standard InChI is InChI=1S/C34H37Cl2F2N3O9S/c1-21(42)48-26-14-24(13-25(16-26)41(51(2,44)45)8-7-40-9-11-46-12-10-40)33(43)49-31(17-27-28(35)18-39-19-29(27)36)23-5-6-30(50-34(37)38)32(15-23)47-20-22-3-4-22/h5-6,13-16,18-19,22,31,34H,3-4,7-12,17,20H2,1-2H3. The number of benzene rings is 2. The van der Waals surface area contributed by atoms with E-state index in [1.165, 1.54) is 55.7 Å². The van der Waals surface area contributed by atoms with Crippen LogP contribution in [0, 0.1) is 5.92 Å². The number of hydrogen-bond acceptors (Lipinski definition) is 11. The highest BCUT2D eigenvalue weighted by Gasteiger charge is 2.28. The Morgan fingerprint density at radius 2 is 1.76 bits per heavy atom. The van der Waals surface area contributed by atoms with Crippen molar-refractivity contribution in [2.75, 3.05) is 56.6 Å². The predicted octanol–water partition coefficient (Wildman–Crippen LogP) is 5.94. The molecular weight excluding hydrogens is 735 g/mol. The zero-order valence-corrected chi connectivity index (χ0v) is 30.2. The Morgan fingerprint density at radius 1 is 1.06 bits per heavy atom. The number of pyridine rings is 1. The quantitative estimate of drug-likeness (QED) is 0.127. The van der Waals surface area contributed by atoms with E-state index in [0.717, 1.165) is 23.4 Å². The third kappa shape index (κ3) is 11.1. The molecule has 1 atom stereocenters. The molecule has 0 spiro atoms. The second-order valence-corrected chi connectivity index (χ2v) is 14.8. The van der Waals surface area contributed by atoms with Crippen molar-refractivity contribution in [2.45, 2.75) is 38.9 Å². The molecule has 17 heteroatoms. The van der Waals surface area contributed by atoms with Crippen molar-refractivity contribution in [1.29, 1.82) is 0 Å². The maximum absolute atomic E-state index is 14.0. The highest BCUT2D eigenvalue weighted by molar-refractivity contribution is 7.92. The van der Waals surface area contributed by atoms with E-state index in [4.69, 9.17) is 42.1 Å². The predicted molar refractivity (Wildman–Crippen MR) is 185 cm³/mol. The van der Waals surface area contributed by atoms with Crippen molar-refractivity contribution in [3.05, 3.63) is 75.5 Å². The van der Waals surface area contributed by atoms with Crippen LogP contribution in [0.2, 0.25) is 10.0 Å². The minimum atomic E-state index is -3.88. The van der Waals surface area contributed by atoms with E-state index in [1.54, 1.807) is 0 Å². The number of hydrogen-bond donors (Lipinski definition) is 0. The summed E-state index contributed by atoms with van der Waals surface area (Å²) in [6.45, 7) is 1.03. The number of carbonyl (C=O) groups excluding carboxylic acids is 2. The minimum Gasteiger partial charge on any atom is -0.489 e. The van der Waals surface area contributed by atoms with E-state index < -0.39 is 34.7 Å². The van der Waals surface area contributed by atoms with Crippen molar-refractivity contribution in [2.24, 2.45) is 5.92 Å². The van der Waals surface area contributed by atoms with Crippen LogP contribution in [0.15, 0.2) is 48.8 Å². The van der Waals surface area contributed by atoms with Crippen LogP contribution in [0.3, 0.4) is 0 Å². The van der Waals surface area contributed by atoms with Gasteiger partial charge in [0, 0.05) is 58.0 Å². The van der Waals surface area contributed by atoms with Gasteiger partial charge in [-0.15, -0.1) is 0 Å². The lowest BCUT2D eigenvalue weighted by molar-refractivity contribution is -0.131. The second-order valence-electron chi connectivity index (χ2n) is 12.1. The number of alkyl halides is 2. The first-order chi connectivity index (χ1) is 24.3. The average Bonchev–Trinajstić information content (AvgIpc) is 3.89. The van der Waals surface area contributed by atoms with Crippen molar-refractivity contribution in [3.8, 4) is 17.2 Å². The van der Waals surface area contributed by atoms with Crippen LogP contribution in [0.4, 0.5) is 14.5 Å². The molecule has 1 saturated carbocycles. The molecule has 276 valence electrons. The lowest BCUT2D eigenvalue weighted by atomic mass is 10.0. The number of rotatable bonds is 16. The molecule has 51 heavy (non-hydrogen) atoms. The molecule has 0 amide bonds. The van der Waals surface area contributed by atoms with Crippen molar-refractivity contribution < 1.29 is 50.5 Å². The molecular formula is C34H37Cl2F2N3O9S. The zero-order valence-electron chi connectivity index (χ0n) is 27.9. The maximum atomic E-state index is 14.0. The highest BCUT2D eigenvalue weighted by Crippen LogP contribution is 2.38. The Labute approximate surface area is 304 Å². The summed E-state index contributed by atoms with van der Waals surface area (Å²) in [7, 11) is -3.88. The summed E-state index contributed by atoms with van der Waals surface area (Å²) in [4.78, 5) is 32.0. The van der Waals surface area contributed by atoms with Crippen molar-refractivity contribution in [1.82, 2.24) is 9.88 Å². The van der Waals surface area contributed by atoms with Crippen LogP contribution >= 0.6 is 23.2 Å². The average molecular weight is 773 g/mol. The van der Waals surface area contributed by atoms with E-state index in [-0.39, 0.29) is 64.0 Å². The van der Waals surface area contributed by atoms with Crippen molar-refractivity contribution in [3.63, 3.8) is 0 Å². The summed E-state index contributed by atoms with van der Waals surface area (Å²) in [5.41, 5.74) is 0.653. The molecule has 0 bridgehead atoms. The normalized spacial score (nSPS) is 15.7. The SMILES string of the molecule is CC(=O)Oc1cc(C(=O)OC(Cc2c(Cl)cncc2Cl)c2ccc(OC(F)F)c(OCC3CC3)c2)cc(N(CCN2CCOCC2)S(C)(=O)=O)c1. The summed E-state index contributed by atoms with van der Waals surface area (Å²) in [6, 6.07) is 8.10. The third-order valence-corrected chi connectivity index (χ3v) is 9.96. The van der Waals surface area contributed by atoms with Crippen LogP contribution in [0.5, 0.6) is 17.2 Å². The van der Waals surface area contributed by atoms with Gasteiger partial charge in [-0.3, -0.25) is 19.0 Å². The van der Waals surface area contributed by atoms with Gasteiger partial charge in [0.25, 0.3) is 0 Å². The molecule has 1 unspecified atom stereocenters. The summed E-state index contributed by atoms with van der Waals surface area (Å²) in [6.07, 6.45) is 4.46. The number of nitrogens with zero attached hydrogens (tertiary/aromatic N) is 3. The Kier molecular flexibility index (Phi) is 13.0. The lowest BCUT2D eigenvalue weighted by Gasteiger charge is -2.30. The topological polar surface area (TPSA) is 134 Å². The molecule has 2 heterocycles. The fourth-order valence-electron chi connectivity index (χ4n) is 5.38. The summed E-state index contributed by atoms with van der Waals surface area (Å²) < 4.78 is 81.0. The molecule has 5 rings (SSSR count). The van der Waals surface area contributed by atoms with Crippen LogP contribution in [-0.4, -0.2) is 89.1 Å². The van der Waals surface area contributed by atoms with E-state index in [0.29, 0.717) is 44.0 Å². The molecule has 0 radical (unpaired) electrons. The first kappa shape index (κ1) is 38.5. The lowest BCUT2D eigenvalue weighted by Crippen LogP contribution is -2.43. The third-order valence-electron chi connectivity index (χ3n) is 8.12. The van der Waals surface area contributed by atoms with Crippen LogP contribution < -0.4 is 18.5 Å². The van der Waals surface area contributed by atoms with Crippen LogP contribution in [-0.2, 0) is 30.7 Å². The fraction of sp³-hybridized carbons (Fsp3) is 0.441. The first-order valence-corrected chi connectivity index (χ1v) is 18.7. The molecule has 1 aromatic heterocycles. The largest absolute Gasteiger partial charge is 0.489 e. The Hall–Kier alpha value is -3.76. The minimum absolute atomic E-state index is 0.0240. The molecule has 1 aliphatic heterocycles. The number of morpholine rings is 1. The number of carbonyl (C=O) groups is 2. The zero-order chi connectivity index (χ0) is 36.7. The molecule has 1 aliphatic carbocycles. The van der Waals surface area contributed by atoms with Gasteiger partial charge >= 0.3 is 18.6 Å². The highest BCUT2D eigenvalue weighted by atomic mass is 35.5. The van der Waals surface area contributed by atoms with Gasteiger partial charge < -0.3 is 23.7 Å². The van der Waals surface area contributed by atoms with E-state index in [2.05, 4.69) is 9.72 Å². The van der Waals surface area contributed by atoms with Gasteiger partial charge in [-0.05, 0) is 54.2 Å². The molecule has 2 fully saturated rings. The summed E-state index contributed by atoms with van der Waals surface area (Å²) >= 11 is 12.9. The van der Waals surface area contributed by atoms with E-state index in [9.17, 15) is 26.8 Å². The van der Waals surface area contributed by atoms with Gasteiger partial charge in [0.1, 0.15) is 11.9 Å². The summed E-state index contributed by atoms with van der Waals surface area (Å²) in [5, 5.41) is 0.379. The van der Waals surface area contributed by atoms with Crippen molar-refractivity contribution >= 4 is 50.9 Å². The Morgan fingerprint density at radius 3 is 2.39 bits per heavy atom. The first-order valence-electron chi connectivity index (χ1n) is 16.1. The molecule has 1 saturated heterocycles. The number of halogens is 4. The number of ether oxygens (including phenoxy) is 5. The van der Waals surface area contributed by atoms with Crippen LogP contribution in [0.25, 0.3) is 0 Å². The maximum Gasteiger partial charge on any atom is 0.387 e. The number of anilines is 1. The molecule has 3 aromatic rings. The number of sulfonamides is 1. The van der Waals surface area contributed by atoms with Gasteiger partial charge in [0.05, 0.1) is 47.4 Å². The molecule has 12 nitrogen and oxygen atoms in total. The number of aromatic nitrogens is 1. The number of esters is 2. The molecule has 2 aliphatic rings. The fourth-order valence-corrected chi connectivity index (χ4v) is 6.80. The smallest absolute Gasteiger partial charge is 0.387 e. The van der Waals surface area contributed by atoms with Gasteiger partial charge in [-0.2, -0.15) is 8.78 Å². The van der Waals surface area contributed by atoms with Gasteiger partial charge in [-0.25, -0.2) is 13.2 Å².